The minimum Gasteiger partial charge on any atom is -0.459 e. The highest BCUT2D eigenvalue weighted by atomic mass is 16.5. The maximum Gasteiger partial charge on any atom is 0.340 e. The molecule has 2 saturated heterocycles. The molecule has 2 fully saturated rings. The van der Waals surface area contributed by atoms with Crippen molar-refractivity contribution in [3.05, 3.63) is 52.8 Å². The van der Waals surface area contributed by atoms with E-state index >= 15 is 0 Å². The van der Waals surface area contributed by atoms with Gasteiger partial charge in [0.25, 0.3) is 5.91 Å². The van der Waals surface area contributed by atoms with Gasteiger partial charge in [0.2, 0.25) is 5.91 Å². The summed E-state index contributed by atoms with van der Waals surface area (Å²) in [6.07, 6.45) is 1.34. The molecule has 35 heavy (non-hydrogen) atoms. The summed E-state index contributed by atoms with van der Waals surface area (Å²) in [4.78, 5) is 48.3. The van der Waals surface area contributed by atoms with Gasteiger partial charge >= 0.3 is 5.97 Å². The number of hydrogen-bond acceptors (Lipinski definition) is 5. The highest BCUT2D eigenvalue weighted by Crippen LogP contribution is 2.25. The summed E-state index contributed by atoms with van der Waals surface area (Å²) < 4.78 is 5.35. The second-order valence-electron chi connectivity index (χ2n) is 9.82. The summed E-state index contributed by atoms with van der Waals surface area (Å²) in [5.74, 6) is -0.652. The van der Waals surface area contributed by atoms with Gasteiger partial charge in [-0.15, -0.1) is 0 Å². The van der Waals surface area contributed by atoms with E-state index in [0.29, 0.717) is 48.7 Å². The zero-order valence-corrected chi connectivity index (χ0v) is 21.2. The van der Waals surface area contributed by atoms with Gasteiger partial charge in [-0.2, -0.15) is 0 Å². The minimum absolute atomic E-state index is 0.135. The molecule has 0 aliphatic carbocycles. The van der Waals surface area contributed by atoms with Gasteiger partial charge in [0.15, 0.2) is 0 Å². The fraction of sp³-hybridized carbons (Fsp3) is 0.519. The third-order valence-corrected chi connectivity index (χ3v) is 6.97. The molecule has 8 heteroatoms. The molecule has 2 amide bonds. The number of ether oxygens (including phenoxy) is 1. The quantitative estimate of drug-likeness (QED) is 0.663. The fourth-order valence-corrected chi connectivity index (χ4v) is 5.15. The standard InChI is InChI=1S/C27H36N4O4/c1-18(2)35-27(34)23-19(3)24(28-20(23)4)26(33)31-12-8-9-21(17-31)25(32)30-15-13-29(14-16-30)22-10-6-5-7-11-22/h5-7,10-11,18,21,28H,8-9,12-17H2,1-4H3/t21-/m0/s1. The number of piperazine rings is 1. The minimum atomic E-state index is -0.424. The van der Waals surface area contributed by atoms with Crippen LogP contribution >= 0.6 is 0 Å². The van der Waals surface area contributed by atoms with E-state index in [-0.39, 0.29) is 23.8 Å². The summed E-state index contributed by atoms with van der Waals surface area (Å²) in [7, 11) is 0. The monoisotopic (exact) mass is 480 g/mol. The molecule has 0 saturated carbocycles. The number of esters is 1. The lowest BCUT2D eigenvalue weighted by molar-refractivity contribution is -0.137. The number of aromatic amines is 1. The molecule has 2 aromatic rings. The van der Waals surface area contributed by atoms with Crippen molar-refractivity contribution in [2.45, 2.75) is 46.6 Å². The van der Waals surface area contributed by atoms with Crippen LogP contribution < -0.4 is 4.90 Å². The van der Waals surface area contributed by atoms with Crippen molar-refractivity contribution in [2.75, 3.05) is 44.2 Å². The number of anilines is 1. The molecular weight excluding hydrogens is 444 g/mol. The number of nitrogens with one attached hydrogen (secondary N) is 1. The molecule has 0 spiro atoms. The van der Waals surface area contributed by atoms with Crippen LogP contribution in [0.1, 0.15) is 58.8 Å². The lowest BCUT2D eigenvalue weighted by Gasteiger charge is -2.39. The molecule has 1 aromatic carbocycles. The zero-order chi connectivity index (χ0) is 25.1. The molecule has 3 heterocycles. The van der Waals surface area contributed by atoms with Gasteiger partial charge in [0.05, 0.1) is 17.6 Å². The Kier molecular flexibility index (Phi) is 7.48. The van der Waals surface area contributed by atoms with Crippen LogP contribution in [0.2, 0.25) is 0 Å². The van der Waals surface area contributed by atoms with E-state index in [1.165, 1.54) is 5.69 Å². The molecule has 0 radical (unpaired) electrons. The zero-order valence-electron chi connectivity index (χ0n) is 21.2. The van der Waals surface area contributed by atoms with Crippen LogP contribution in [-0.4, -0.2) is 77.9 Å². The third kappa shape index (κ3) is 5.36. The number of carbonyl (C=O) groups is 3. The number of aromatic nitrogens is 1. The Hall–Kier alpha value is -3.29. The Morgan fingerprint density at radius 3 is 2.31 bits per heavy atom. The van der Waals surface area contributed by atoms with E-state index in [0.717, 1.165) is 25.9 Å². The molecule has 1 atom stereocenters. The highest BCUT2D eigenvalue weighted by molar-refractivity contribution is 6.00. The first kappa shape index (κ1) is 24.8. The molecule has 2 aliphatic heterocycles. The Morgan fingerprint density at radius 2 is 1.66 bits per heavy atom. The van der Waals surface area contributed by atoms with Crippen LogP contribution in [-0.2, 0) is 9.53 Å². The van der Waals surface area contributed by atoms with Gasteiger partial charge in [-0.25, -0.2) is 4.79 Å². The lowest BCUT2D eigenvalue weighted by Crippen LogP contribution is -2.53. The van der Waals surface area contributed by atoms with Crippen LogP contribution in [0.15, 0.2) is 30.3 Å². The number of benzene rings is 1. The number of para-hydroxylation sites is 1. The molecule has 188 valence electrons. The fourth-order valence-electron chi connectivity index (χ4n) is 5.15. The number of amides is 2. The number of aryl methyl sites for hydroxylation is 1. The summed E-state index contributed by atoms with van der Waals surface area (Å²) in [5.41, 5.74) is 3.23. The second-order valence-corrected chi connectivity index (χ2v) is 9.82. The van der Waals surface area contributed by atoms with Gasteiger partial charge in [-0.3, -0.25) is 9.59 Å². The van der Waals surface area contributed by atoms with Crippen LogP contribution in [0.4, 0.5) is 5.69 Å². The van der Waals surface area contributed by atoms with Crippen LogP contribution in [0.25, 0.3) is 0 Å². The van der Waals surface area contributed by atoms with Crippen molar-refractivity contribution >= 4 is 23.5 Å². The maximum atomic E-state index is 13.4. The van der Waals surface area contributed by atoms with Gasteiger partial charge in [-0.05, 0) is 58.2 Å². The van der Waals surface area contributed by atoms with Gasteiger partial charge in [-0.1, -0.05) is 18.2 Å². The van der Waals surface area contributed by atoms with Crippen LogP contribution in [0.3, 0.4) is 0 Å². The Labute approximate surface area is 207 Å². The molecular formula is C27H36N4O4. The number of rotatable bonds is 5. The number of H-pyrrole nitrogens is 1. The van der Waals surface area contributed by atoms with E-state index in [1.54, 1.807) is 32.6 Å². The first-order valence-electron chi connectivity index (χ1n) is 12.5. The Morgan fingerprint density at radius 1 is 0.971 bits per heavy atom. The van der Waals surface area contributed by atoms with Crippen molar-refractivity contribution in [3.8, 4) is 0 Å². The highest BCUT2D eigenvalue weighted by Gasteiger charge is 2.34. The summed E-state index contributed by atoms with van der Waals surface area (Å²) >= 11 is 0. The topological polar surface area (TPSA) is 86.0 Å². The van der Waals surface area contributed by atoms with Crippen LogP contribution in [0, 0.1) is 19.8 Å². The smallest absolute Gasteiger partial charge is 0.340 e. The number of piperidine rings is 1. The first-order valence-corrected chi connectivity index (χ1v) is 12.5. The van der Waals surface area contributed by atoms with Crippen molar-refractivity contribution in [1.82, 2.24) is 14.8 Å². The Balaban J connectivity index is 1.39. The SMILES string of the molecule is Cc1[nH]c(C(=O)N2CCC[C@H](C(=O)N3CCN(c4ccccc4)CC3)C2)c(C)c1C(=O)OC(C)C. The third-order valence-electron chi connectivity index (χ3n) is 6.97. The van der Waals surface area contributed by atoms with Crippen molar-refractivity contribution in [2.24, 2.45) is 5.92 Å². The van der Waals surface area contributed by atoms with Gasteiger partial charge < -0.3 is 24.4 Å². The number of hydrogen-bond donors (Lipinski definition) is 1. The molecule has 8 nitrogen and oxygen atoms in total. The molecule has 1 N–H and O–H groups in total. The van der Waals surface area contributed by atoms with Crippen molar-refractivity contribution in [1.29, 1.82) is 0 Å². The van der Waals surface area contributed by atoms with Crippen molar-refractivity contribution < 1.29 is 19.1 Å². The summed E-state index contributed by atoms with van der Waals surface area (Å²) in [6.45, 7) is 11.1. The predicted octanol–water partition coefficient (Wildman–Crippen LogP) is 3.40. The van der Waals surface area contributed by atoms with E-state index in [9.17, 15) is 14.4 Å². The van der Waals surface area contributed by atoms with E-state index < -0.39 is 5.97 Å². The normalized spacial score (nSPS) is 18.7. The predicted molar refractivity (Wildman–Crippen MR) is 135 cm³/mol. The molecule has 0 bridgehead atoms. The Bertz CT molecular complexity index is 1070. The van der Waals surface area contributed by atoms with Crippen molar-refractivity contribution in [3.63, 3.8) is 0 Å². The van der Waals surface area contributed by atoms with E-state index in [2.05, 4.69) is 22.0 Å². The average molecular weight is 481 g/mol. The number of carbonyl (C=O) groups excluding carboxylic acids is 3. The average Bonchev–Trinajstić information content (AvgIpc) is 3.17. The molecule has 4 rings (SSSR count). The van der Waals surface area contributed by atoms with Gasteiger partial charge in [0, 0.05) is 50.6 Å². The summed E-state index contributed by atoms with van der Waals surface area (Å²) in [5, 5.41) is 0. The lowest BCUT2D eigenvalue weighted by atomic mass is 9.95. The molecule has 0 unspecified atom stereocenters. The largest absolute Gasteiger partial charge is 0.459 e. The van der Waals surface area contributed by atoms with Crippen LogP contribution in [0.5, 0.6) is 0 Å². The molecule has 2 aliphatic rings. The maximum absolute atomic E-state index is 13.4. The van der Waals surface area contributed by atoms with E-state index in [4.69, 9.17) is 4.74 Å². The second kappa shape index (κ2) is 10.5. The van der Waals surface area contributed by atoms with E-state index in [1.807, 2.05) is 23.1 Å². The molecule has 1 aromatic heterocycles. The first-order chi connectivity index (χ1) is 16.8. The number of likely N-dealkylation sites (tertiary alicyclic amines) is 1. The van der Waals surface area contributed by atoms with Gasteiger partial charge in [0.1, 0.15) is 5.69 Å². The summed E-state index contributed by atoms with van der Waals surface area (Å²) in [6, 6.07) is 10.3. The number of nitrogens with zero attached hydrogens (tertiary/aromatic N) is 3.